The van der Waals surface area contributed by atoms with Crippen molar-refractivity contribution in [3.05, 3.63) is 70.9 Å². The monoisotopic (exact) mass is 426 g/mol. The summed E-state index contributed by atoms with van der Waals surface area (Å²) in [7, 11) is 0. The van der Waals surface area contributed by atoms with Crippen LogP contribution in [-0.2, 0) is 11.3 Å². The number of halogens is 1. The fourth-order valence-corrected chi connectivity index (χ4v) is 4.09. The number of nitrogens with zero attached hydrogens (tertiary/aromatic N) is 3. The van der Waals surface area contributed by atoms with E-state index in [-0.39, 0.29) is 5.91 Å². The van der Waals surface area contributed by atoms with E-state index in [1.807, 2.05) is 36.4 Å². The summed E-state index contributed by atoms with van der Waals surface area (Å²) in [4.78, 5) is 16.9. The second-order valence-electron chi connectivity index (χ2n) is 6.57. The number of aryl methyl sites for hydroxylation is 1. The number of imidazole rings is 1. The van der Waals surface area contributed by atoms with Crippen LogP contribution in [0.4, 0.5) is 5.82 Å². The molecule has 2 aromatic heterocycles. The number of aromatic nitrogens is 3. The molecule has 0 aliphatic heterocycles. The number of benzene rings is 2. The molecule has 0 saturated heterocycles. The number of hydrogen-bond acceptors (Lipinski definition) is 5. The maximum absolute atomic E-state index is 12.2. The first-order valence-electron chi connectivity index (χ1n) is 9.14. The molecule has 148 valence electrons. The lowest BCUT2D eigenvalue weighted by Crippen LogP contribution is -2.12. The first-order chi connectivity index (χ1) is 14.1. The highest BCUT2D eigenvalue weighted by Gasteiger charge is 2.13. The van der Waals surface area contributed by atoms with Gasteiger partial charge in [-0.3, -0.25) is 4.79 Å². The molecule has 4 aromatic rings. The predicted octanol–water partition coefficient (Wildman–Crippen LogP) is 5.16. The fourth-order valence-electron chi connectivity index (χ4n) is 2.98. The molecular formula is C21H19ClN4O2S. The number of hydrogen-bond donors (Lipinski definition) is 1. The van der Waals surface area contributed by atoms with Crippen LogP contribution in [0, 0.1) is 6.92 Å². The SMILES string of the molecule is Cc1cc(NC(=O)CCSc2nc3cc(Cl)ccc3n2Cc2ccccc2)no1. The fraction of sp³-hybridized carbons (Fsp3) is 0.190. The van der Waals surface area contributed by atoms with Gasteiger partial charge in [-0.1, -0.05) is 58.9 Å². The highest BCUT2D eigenvalue weighted by molar-refractivity contribution is 7.99. The lowest BCUT2D eigenvalue weighted by atomic mass is 10.2. The molecule has 0 fully saturated rings. The summed E-state index contributed by atoms with van der Waals surface area (Å²) in [6.07, 6.45) is 0.339. The molecular weight excluding hydrogens is 408 g/mol. The molecule has 2 aromatic carbocycles. The third kappa shape index (κ3) is 4.81. The molecule has 29 heavy (non-hydrogen) atoms. The number of nitrogens with one attached hydrogen (secondary N) is 1. The van der Waals surface area contributed by atoms with Crippen LogP contribution >= 0.6 is 23.4 Å². The van der Waals surface area contributed by atoms with Gasteiger partial charge >= 0.3 is 0 Å². The minimum absolute atomic E-state index is 0.112. The lowest BCUT2D eigenvalue weighted by molar-refractivity contribution is -0.115. The Labute approximate surface area is 177 Å². The third-order valence-corrected chi connectivity index (χ3v) is 5.53. The maximum atomic E-state index is 12.2. The molecule has 6 nitrogen and oxygen atoms in total. The van der Waals surface area contributed by atoms with Crippen LogP contribution in [0.15, 0.2) is 64.3 Å². The lowest BCUT2D eigenvalue weighted by Gasteiger charge is -2.09. The second kappa shape index (κ2) is 8.71. The highest BCUT2D eigenvalue weighted by atomic mass is 35.5. The van der Waals surface area contributed by atoms with E-state index in [0.717, 1.165) is 16.2 Å². The molecule has 0 unspecified atom stereocenters. The van der Waals surface area contributed by atoms with Crippen molar-refractivity contribution >= 4 is 46.1 Å². The molecule has 1 amide bonds. The molecule has 0 saturated carbocycles. The Kier molecular flexibility index (Phi) is 5.87. The minimum Gasteiger partial charge on any atom is -0.360 e. The summed E-state index contributed by atoms with van der Waals surface area (Å²) in [5.74, 6) is 1.57. The van der Waals surface area contributed by atoms with E-state index in [2.05, 4.69) is 27.2 Å². The number of carbonyl (C=O) groups excluding carboxylic acids is 1. The van der Waals surface area contributed by atoms with Crippen molar-refractivity contribution in [3.8, 4) is 0 Å². The molecule has 8 heteroatoms. The van der Waals surface area contributed by atoms with Crippen LogP contribution in [0.3, 0.4) is 0 Å². The smallest absolute Gasteiger partial charge is 0.226 e. The number of fused-ring (bicyclic) bond motifs is 1. The van der Waals surface area contributed by atoms with Gasteiger partial charge in [0.2, 0.25) is 5.91 Å². The second-order valence-corrected chi connectivity index (χ2v) is 8.07. The third-order valence-electron chi connectivity index (χ3n) is 4.31. The Morgan fingerprint density at radius 1 is 1.21 bits per heavy atom. The molecule has 0 atom stereocenters. The normalized spacial score (nSPS) is 11.1. The highest BCUT2D eigenvalue weighted by Crippen LogP contribution is 2.27. The molecule has 0 radical (unpaired) electrons. The molecule has 0 aliphatic rings. The van der Waals surface area contributed by atoms with Gasteiger partial charge in [0, 0.05) is 23.3 Å². The van der Waals surface area contributed by atoms with Crippen molar-refractivity contribution in [1.82, 2.24) is 14.7 Å². The Hall–Kier alpha value is -2.77. The summed E-state index contributed by atoms with van der Waals surface area (Å²) in [5, 5.41) is 8.02. The van der Waals surface area contributed by atoms with E-state index in [9.17, 15) is 4.79 Å². The molecule has 0 spiro atoms. The summed E-state index contributed by atoms with van der Waals surface area (Å²) < 4.78 is 7.12. The quantitative estimate of drug-likeness (QED) is 0.413. The Bertz CT molecular complexity index is 1140. The Balaban J connectivity index is 1.48. The first-order valence-corrected chi connectivity index (χ1v) is 10.5. The van der Waals surface area contributed by atoms with Crippen molar-refractivity contribution in [2.24, 2.45) is 0 Å². The van der Waals surface area contributed by atoms with Crippen molar-refractivity contribution in [2.45, 2.75) is 25.0 Å². The molecule has 1 N–H and O–H groups in total. The zero-order valence-corrected chi connectivity index (χ0v) is 17.3. The van der Waals surface area contributed by atoms with Gasteiger partial charge in [-0.2, -0.15) is 0 Å². The summed E-state index contributed by atoms with van der Waals surface area (Å²) in [6, 6.07) is 17.6. The van der Waals surface area contributed by atoms with E-state index in [4.69, 9.17) is 21.1 Å². The first kappa shape index (κ1) is 19.5. The number of amides is 1. The van der Waals surface area contributed by atoms with Gasteiger partial charge < -0.3 is 14.4 Å². The Morgan fingerprint density at radius 2 is 2.03 bits per heavy atom. The zero-order valence-electron chi connectivity index (χ0n) is 15.8. The van der Waals surface area contributed by atoms with Crippen molar-refractivity contribution in [3.63, 3.8) is 0 Å². The topological polar surface area (TPSA) is 73.0 Å². The van der Waals surface area contributed by atoms with Gasteiger partial charge in [0.15, 0.2) is 11.0 Å². The number of thioether (sulfide) groups is 1. The van der Waals surface area contributed by atoms with Crippen LogP contribution in [0.25, 0.3) is 11.0 Å². The van der Waals surface area contributed by atoms with Crippen LogP contribution in [-0.4, -0.2) is 26.4 Å². The molecule has 0 bridgehead atoms. The Morgan fingerprint density at radius 3 is 2.79 bits per heavy atom. The van der Waals surface area contributed by atoms with Crippen LogP contribution < -0.4 is 5.32 Å². The standard InChI is InChI=1S/C21H19ClN4O2S/c1-14-11-19(25-28-14)24-20(27)9-10-29-21-23-17-12-16(22)7-8-18(17)26(21)13-15-5-3-2-4-6-15/h2-8,11-12H,9-10,13H2,1H3,(H,24,25,27). The van der Waals surface area contributed by atoms with Crippen LogP contribution in [0.5, 0.6) is 0 Å². The van der Waals surface area contributed by atoms with Crippen LogP contribution in [0.2, 0.25) is 5.02 Å². The molecule has 2 heterocycles. The molecule has 4 rings (SSSR count). The van der Waals surface area contributed by atoms with Crippen molar-refractivity contribution < 1.29 is 9.32 Å². The minimum atomic E-state index is -0.112. The van der Waals surface area contributed by atoms with Crippen molar-refractivity contribution in [1.29, 1.82) is 0 Å². The average Bonchev–Trinajstić information content (AvgIpc) is 3.25. The van der Waals surface area contributed by atoms with Gasteiger partial charge in [0.25, 0.3) is 0 Å². The summed E-state index contributed by atoms with van der Waals surface area (Å²) in [5.41, 5.74) is 3.05. The van der Waals surface area contributed by atoms with Gasteiger partial charge in [0.1, 0.15) is 5.76 Å². The largest absolute Gasteiger partial charge is 0.360 e. The van der Waals surface area contributed by atoms with E-state index in [0.29, 0.717) is 35.3 Å². The number of carbonyl (C=O) groups is 1. The molecule has 0 aliphatic carbocycles. The zero-order chi connectivity index (χ0) is 20.2. The van der Waals surface area contributed by atoms with Gasteiger partial charge in [0.05, 0.1) is 17.6 Å². The van der Waals surface area contributed by atoms with E-state index in [1.54, 1.807) is 24.8 Å². The van der Waals surface area contributed by atoms with Crippen molar-refractivity contribution in [2.75, 3.05) is 11.1 Å². The number of anilines is 1. The van der Waals surface area contributed by atoms with E-state index >= 15 is 0 Å². The maximum Gasteiger partial charge on any atom is 0.226 e. The van der Waals surface area contributed by atoms with Gasteiger partial charge in [-0.05, 0) is 30.7 Å². The predicted molar refractivity (Wildman–Crippen MR) is 115 cm³/mol. The van der Waals surface area contributed by atoms with Gasteiger partial charge in [-0.25, -0.2) is 4.98 Å². The number of rotatable bonds is 7. The van der Waals surface area contributed by atoms with E-state index < -0.39 is 0 Å². The average molecular weight is 427 g/mol. The van der Waals surface area contributed by atoms with Gasteiger partial charge in [-0.15, -0.1) is 0 Å². The summed E-state index contributed by atoms with van der Waals surface area (Å²) in [6.45, 7) is 2.48. The van der Waals surface area contributed by atoms with E-state index in [1.165, 1.54) is 5.56 Å². The van der Waals surface area contributed by atoms with Crippen LogP contribution in [0.1, 0.15) is 17.7 Å². The summed E-state index contributed by atoms with van der Waals surface area (Å²) >= 11 is 7.69.